The van der Waals surface area contributed by atoms with E-state index in [-0.39, 0.29) is 11.2 Å². The molecule has 4 heteroatoms. The van der Waals surface area contributed by atoms with E-state index >= 15 is 0 Å². The summed E-state index contributed by atoms with van der Waals surface area (Å²) in [5.41, 5.74) is 11.0. The average Bonchev–Trinajstić information content (AvgIpc) is 2.78. The lowest BCUT2D eigenvalue weighted by molar-refractivity contribution is 0.418. The second-order valence-corrected chi connectivity index (χ2v) is 9.81. The average molecular weight is 460 g/mol. The van der Waals surface area contributed by atoms with Gasteiger partial charge in [0.2, 0.25) is 0 Å². The second kappa shape index (κ2) is 15.2. The fourth-order valence-corrected chi connectivity index (χ4v) is 4.43. The topological polar surface area (TPSA) is 51.8 Å². The summed E-state index contributed by atoms with van der Waals surface area (Å²) in [5.74, 6) is -0.134. The van der Waals surface area contributed by atoms with Crippen LogP contribution in [0.3, 0.4) is 0 Å². The molecule has 0 aromatic carbocycles. The minimum atomic E-state index is -0.134. The number of nitrogens with zero attached hydrogens (tertiary/aromatic N) is 2. The molecule has 2 heterocycles. The maximum Gasteiger partial charge on any atom is 0.144 e. The van der Waals surface area contributed by atoms with Crippen LogP contribution in [0.25, 0.3) is 0 Å². The van der Waals surface area contributed by atoms with Crippen LogP contribution in [0.15, 0.2) is 24.7 Å². The highest BCUT2D eigenvalue weighted by Gasteiger charge is 2.29. The van der Waals surface area contributed by atoms with Gasteiger partial charge in [0.05, 0.1) is 6.20 Å². The van der Waals surface area contributed by atoms with E-state index in [9.17, 15) is 4.39 Å². The van der Waals surface area contributed by atoms with Crippen molar-refractivity contribution in [3.63, 3.8) is 0 Å². The second-order valence-electron chi connectivity index (χ2n) is 9.81. The number of halogens is 1. The molecular weight excluding hydrogens is 409 g/mol. The Morgan fingerprint density at radius 1 is 0.879 bits per heavy atom. The van der Waals surface area contributed by atoms with Crippen molar-refractivity contribution in [2.45, 2.75) is 118 Å². The van der Waals surface area contributed by atoms with Gasteiger partial charge in [0.1, 0.15) is 5.82 Å². The molecule has 0 bridgehead atoms. The summed E-state index contributed by atoms with van der Waals surface area (Å²) in [5, 5.41) is 0. The third-order valence-corrected chi connectivity index (χ3v) is 6.07. The minimum Gasteiger partial charge on any atom is -0.333 e. The standard InChI is InChI=1S/C12H17N.C11H14FN.C3H8.C2H6.CH5N/c1-9-7-10-5-4-6-12(2,3)11(10)8-13-9;1-11(2)5-3-4-8-9(11)6-13-7-10(8)12;1-3-2;2*1-2/h7-8H,4-6H2,1-3H3;6-7H,3-5H2,1-2H3;3H2,1-2H3;1-2H3;2H2,1H3. The normalized spacial score (nSPS) is 16.4. The maximum atomic E-state index is 13.4. The molecule has 0 unspecified atom stereocenters. The highest BCUT2D eigenvalue weighted by Crippen LogP contribution is 2.37. The van der Waals surface area contributed by atoms with E-state index in [1.807, 2.05) is 20.0 Å². The van der Waals surface area contributed by atoms with E-state index in [4.69, 9.17) is 0 Å². The van der Waals surface area contributed by atoms with E-state index in [1.165, 1.54) is 50.1 Å². The van der Waals surface area contributed by atoms with Crippen molar-refractivity contribution in [3.05, 3.63) is 58.4 Å². The van der Waals surface area contributed by atoms with Gasteiger partial charge in [-0.05, 0) is 91.6 Å². The number of fused-ring (bicyclic) bond motifs is 2. The molecule has 0 spiro atoms. The molecule has 0 atom stereocenters. The monoisotopic (exact) mass is 459 g/mol. The first-order valence-electron chi connectivity index (χ1n) is 12.8. The van der Waals surface area contributed by atoms with Gasteiger partial charge in [0, 0.05) is 18.1 Å². The van der Waals surface area contributed by atoms with Crippen molar-refractivity contribution < 1.29 is 4.39 Å². The summed E-state index contributed by atoms with van der Waals surface area (Å²) in [6, 6.07) is 2.25. The molecule has 0 saturated carbocycles. The van der Waals surface area contributed by atoms with Crippen LogP contribution in [0.5, 0.6) is 0 Å². The molecule has 2 aliphatic carbocycles. The van der Waals surface area contributed by atoms with Crippen LogP contribution in [0.2, 0.25) is 0 Å². The largest absolute Gasteiger partial charge is 0.333 e. The molecule has 0 radical (unpaired) electrons. The molecule has 33 heavy (non-hydrogen) atoms. The summed E-state index contributed by atoms with van der Waals surface area (Å²) >= 11 is 0. The van der Waals surface area contributed by atoms with Crippen LogP contribution in [-0.4, -0.2) is 17.0 Å². The number of pyridine rings is 2. The number of hydrogen-bond acceptors (Lipinski definition) is 3. The third kappa shape index (κ3) is 9.16. The first-order chi connectivity index (χ1) is 15.6. The lowest BCUT2D eigenvalue weighted by Crippen LogP contribution is -2.24. The highest BCUT2D eigenvalue weighted by molar-refractivity contribution is 5.35. The highest BCUT2D eigenvalue weighted by atomic mass is 19.1. The van der Waals surface area contributed by atoms with Crippen molar-refractivity contribution in [2.75, 3.05) is 7.05 Å². The van der Waals surface area contributed by atoms with Gasteiger partial charge in [0.25, 0.3) is 0 Å². The number of aromatic nitrogens is 2. The van der Waals surface area contributed by atoms with Crippen LogP contribution in [0, 0.1) is 12.7 Å². The van der Waals surface area contributed by atoms with Crippen LogP contribution in [0.1, 0.15) is 115 Å². The Labute approximate surface area is 203 Å². The SMILES string of the molecule is CC.CC1(C)CCCc2c(F)cncc21.CCC.CN.Cc1cc2c(cn1)C(C)(C)CCC2. The van der Waals surface area contributed by atoms with Gasteiger partial charge >= 0.3 is 0 Å². The lowest BCUT2D eigenvalue weighted by Gasteiger charge is -2.32. The minimum absolute atomic E-state index is 0.0999. The molecule has 2 N–H and O–H groups in total. The lowest BCUT2D eigenvalue weighted by atomic mass is 9.73. The van der Waals surface area contributed by atoms with Gasteiger partial charge in [-0.25, -0.2) is 4.39 Å². The quantitative estimate of drug-likeness (QED) is 0.436. The molecular formula is C29H50FN3. The number of aryl methyl sites for hydroxylation is 2. The Kier molecular flexibility index (Phi) is 14.3. The van der Waals surface area contributed by atoms with Gasteiger partial charge in [-0.15, -0.1) is 0 Å². The van der Waals surface area contributed by atoms with E-state index in [0.717, 1.165) is 36.1 Å². The Morgan fingerprint density at radius 3 is 1.94 bits per heavy atom. The summed E-state index contributed by atoms with van der Waals surface area (Å²) in [4.78, 5) is 8.31. The molecule has 0 aliphatic heterocycles. The number of rotatable bonds is 0. The predicted octanol–water partition coefficient (Wildman–Crippen LogP) is 7.86. The Bertz CT molecular complexity index is 813. The van der Waals surface area contributed by atoms with Crippen LogP contribution in [0.4, 0.5) is 4.39 Å². The van der Waals surface area contributed by atoms with Crippen LogP contribution < -0.4 is 5.73 Å². The fourth-order valence-electron chi connectivity index (χ4n) is 4.43. The zero-order chi connectivity index (χ0) is 25.7. The molecule has 3 nitrogen and oxygen atoms in total. The molecule has 4 rings (SSSR count). The molecule has 0 fully saturated rings. The molecule has 0 amide bonds. The van der Waals surface area contributed by atoms with E-state index in [1.54, 1.807) is 0 Å². The van der Waals surface area contributed by atoms with E-state index in [0.29, 0.717) is 5.41 Å². The van der Waals surface area contributed by atoms with Crippen LogP contribution in [-0.2, 0) is 23.7 Å². The zero-order valence-corrected chi connectivity index (χ0v) is 23.1. The van der Waals surface area contributed by atoms with Gasteiger partial charge in [-0.2, -0.15) is 0 Å². The molecule has 188 valence electrons. The number of nitrogens with two attached hydrogens (primary N) is 1. The summed E-state index contributed by atoms with van der Waals surface area (Å²) in [6.45, 7) is 19.3. The Morgan fingerprint density at radius 2 is 1.39 bits per heavy atom. The van der Waals surface area contributed by atoms with Crippen molar-refractivity contribution >= 4 is 0 Å². The smallest absolute Gasteiger partial charge is 0.144 e. The molecule has 2 aliphatic rings. The van der Waals surface area contributed by atoms with Gasteiger partial charge in [0.15, 0.2) is 0 Å². The van der Waals surface area contributed by atoms with E-state index in [2.05, 4.69) is 76.4 Å². The first-order valence-corrected chi connectivity index (χ1v) is 12.8. The van der Waals surface area contributed by atoms with Gasteiger partial charge in [-0.3, -0.25) is 9.97 Å². The summed E-state index contributed by atoms with van der Waals surface area (Å²) in [6.07, 6.45) is 13.4. The number of hydrogen-bond donors (Lipinski definition) is 1. The third-order valence-electron chi connectivity index (χ3n) is 6.07. The Hall–Kier alpha value is -1.81. The van der Waals surface area contributed by atoms with Crippen molar-refractivity contribution in [3.8, 4) is 0 Å². The van der Waals surface area contributed by atoms with Gasteiger partial charge < -0.3 is 5.73 Å². The van der Waals surface area contributed by atoms with E-state index < -0.39 is 0 Å². The predicted molar refractivity (Wildman–Crippen MR) is 143 cm³/mol. The molecule has 2 aromatic rings. The van der Waals surface area contributed by atoms with Crippen molar-refractivity contribution in [1.82, 2.24) is 9.97 Å². The fraction of sp³-hybridized carbons (Fsp3) is 0.655. The summed E-state index contributed by atoms with van der Waals surface area (Å²) < 4.78 is 13.4. The van der Waals surface area contributed by atoms with Crippen molar-refractivity contribution in [1.29, 1.82) is 0 Å². The summed E-state index contributed by atoms with van der Waals surface area (Å²) in [7, 11) is 1.50. The molecule has 2 aromatic heterocycles. The Balaban J connectivity index is 0.000000490. The van der Waals surface area contributed by atoms with Crippen molar-refractivity contribution in [2.24, 2.45) is 5.73 Å². The van der Waals surface area contributed by atoms with Crippen LogP contribution >= 0.6 is 0 Å². The molecule has 0 saturated heterocycles. The zero-order valence-electron chi connectivity index (χ0n) is 23.1. The van der Waals surface area contributed by atoms with Gasteiger partial charge in [-0.1, -0.05) is 61.8 Å². The maximum absolute atomic E-state index is 13.4. The first kappa shape index (κ1) is 31.2.